The van der Waals surface area contributed by atoms with E-state index in [1.165, 1.54) is 0 Å². The Morgan fingerprint density at radius 3 is 0.633 bits per heavy atom. The van der Waals surface area contributed by atoms with Gasteiger partial charge in [-0.2, -0.15) is 31.6 Å². The van der Waals surface area contributed by atoms with Gasteiger partial charge in [-0.15, -0.1) is 0 Å². The minimum absolute atomic E-state index is 0.378. The lowest BCUT2D eigenvalue weighted by Crippen LogP contribution is -2.10. The van der Waals surface area contributed by atoms with Gasteiger partial charge in [0.1, 0.15) is 36.4 Å². The molecule has 9 aromatic carbocycles. The first-order valence-corrected chi connectivity index (χ1v) is 24.2. The standard InChI is InChI=1S/C72H33N7/c73-46-64-10-4-1-7-58(64)31-34-61-28-19-55(43-67(61)49-76)16-13-52-22-37-70(38-23-52)79(71-39-24-53(25-40-71)14-17-56-20-29-62(68(44-56)50-77)35-32-59-8-2-5-11-65(59)47-74)72-41-26-54(27-42-72)15-18-57-21-30-63(69(45-57)51-78)36-33-60-9-3-6-12-66(60)48-75/h1-12,19-30,37-45H. The van der Waals surface area contributed by atoms with E-state index in [9.17, 15) is 31.6 Å². The second kappa shape index (κ2) is 24.7. The summed E-state index contributed by atoms with van der Waals surface area (Å²) in [5, 5.41) is 58.3. The molecule has 9 rings (SSSR count). The minimum atomic E-state index is 0.378. The van der Waals surface area contributed by atoms with Crippen LogP contribution in [-0.4, -0.2) is 0 Å². The van der Waals surface area contributed by atoms with Crippen molar-refractivity contribution in [2.75, 3.05) is 4.90 Å². The van der Waals surface area contributed by atoms with E-state index in [-0.39, 0.29) is 0 Å². The smallest absolute Gasteiger partial charge is 0.100 e. The number of hydrogen-bond donors (Lipinski definition) is 0. The zero-order valence-electron chi connectivity index (χ0n) is 41.7. The third kappa shape index (κ3) is 12.6. The first kappa shape index (κ1) is 51.0. The lowest BCUT2D eigenvalue weighted by atomic mass is 10.0. The lowest BCUT2D eigenvalue weighted by molar-refractivity contribution is 1.28. The van der Waals surface area contributed by atoms with E-state index in [4.69, 9.17) is 0 Å². The zero-order valence-corrected chi connectivity index (χ0v) is 41.7. The molecular formula is C72H33N7. The van der Waals surface area contributed by atoms with E-state index in [0.29, 0.717) is 83.5 Å². The molecule has 0 aliphatic heterocycles. The maximum absolute atomic E-state index is 9.96. The summed E-state index contributed by atoms with van der Waals surface area (Å²) >= 11 is 0. The maximum atomic E-state index is 9.96. The number of anilines is 3. The van der Waals surface area contributed by atoms with Gasteiger partial charge in [-0.05, 0) is 164 Å². The first-order valence-electron chi connectivity index (χ1n) is 24.2. The van der Waals surface area contributed by atoms with Gasteiger partial charge in [-0.25, -0.2) is 0 Å². The summed E-state index contributed by atoms with van der Waals surface area (Å²) < 4.78 is 0. The van der Waals surface area contributed by atoms with Gasteiger partial charge < -0.3 is 4.90 Å². The van der Waals surface area contributed by atoms with E-state index in [0.717, 1.165) is 33.8 Å². The summed E-state index contributed by atoms with van der Waals surface area (Å²) in [5.74, 6) is 37.4. The van der Waals surface area contributed by atoms with Crippen LogP contribution < -0.4 is 4.90 Å². The molecule has 7 nitrogen and oxygen atoms in total. The SMILES string of the molecule is N#Cc1ccccc1C#Cc1ccc(C#Cc2ccc(N(c3ccc(C#Cc4ccc(C#Cc5ccccc5C#N)c(C#N)c4)cc3)c3ccc(C#Cc4ccc(C#Cc5ccccc5C#N)c(C#N)c4)cc3)cc2)cc1C#N. The van der Waals surface area contributed by atoms with Gasteiger partial charge in [-0.3, -0.25) is 0 Å². The normalized spacial score (nSPS) is 9.34. The fourth-order valence-corrected chi connectivity index (χ4v) is 7.91. The number of rotatable bonds is 3. The van der Waals surface area contributed by atoms with Crippen molar-refractivity contribution in [3.8, 4) is 107 Å². The highest BCUT2D eigenvalue weighted by Gasteiger charge is 2.13. The molecule has 0 heterocycles. The van der Waals surface area contributed by atoms with Crippen LogP contribution in [0, 0.1) is 139 Å². The number of nitrogens with zero attached hydrogens (tertiary/aromatic N) is 7. The van der Waals surface area contributed by atoms with Crippen molar-refractivity contribution in [3.63, 3.8) is 0 Å². The average Bonchev–Trinajstić information content (AvgIpc) is 3.54. The van der Waals surface area contributed by atoms with Gasteiger partial charge in [0.25, 0.3) is 0 Å². The fraction of sp³-hybridized carbons (Fsp3) is 0. The third-order valence-corrected chi connectivity index (χ3v) is 12.0. The van der Waals surface area contributed by atoms with E-state index in [1.807, 2.05) is 109 Å². The second-order valence-electron chi connectivity index (χ2n) is 17.1. The van der Waals surface area contributed by atoms with Gasteiger partial charge in [0, 0.05) is 83.8 Å². The molecule has 0 radical (unpaired) electrons. The monoisotopic (exact) mass is 995 g/mol. The Bertz CT molecular complexity index is 4110. The van der Waals surface area contributed by atoms with Gasteiger partial charge in [-0.1, -0.05) is 107 Å². The molecule has 0 atom stereocenters. The van der Waals surface area contributed by atoms with E-state index in [2.05, 4.69) is 112 Å². The van der Waals surface area contributed by atoms with E-state index < -0.39 is 0 Å². The van der Waals surface area contributed by atoms with Gasteiger partial charge in [0.05, 0.1) is 33.4 Å². The summed E-state index contributed by atoms with van der Waals surface area (Å²) in [6.07, 6.45) is 0. The van der Waals surface area contributed by atoms with Crippen LogP contribution in [0.4, 0.5) is 17.1 Å². The van der Waals surface area contributed by atoms with Crippen molar-refractivity contribution in [2.45, 2.75) is 0 Å². The minimum Gasteiger partial charge on any atom is -0.311 e. The summed E-state index contributed by atoms with van der Waals surface area (Å²) in [4.78, 5) is 2.10. The maximum Gasteiger partial charge on any atom is 0.100 e. The quantitative estimate of drug-likeness (QED) is 0.160. The van der Waals surface area contributed by atoms with Crippen LogP contribution in [-0.2, 0) is 0 Å². The van der Waals surface area contributed by atoms with Crippen molar-refractivity contribution < 1.29 is 0 Å². The van der Waals surface area contributed by atoms with Crippen molar-refractivity contribution in [1.29, 1.82) is 31.6 Å². The van der Waals surface area contributed by atoms with Crippen LogP contribution in [0.2, 0.25) is 0 Å². The molecule has 0 unspecified atom stereocenters. The van der Waals surface area contributed by atoms with Gasteiger partial charge in [0.15, 0.2) is 0 Å². The molecule has 0 fully saturated rings. The molecule has 0 saturated carbocycles. The van der Waals surface area contributed by atoms with Gasteiger partial charge >= 0.3 is 0 Å². The van der Waals surface area contributed by atoms with E-state index in [1.54, 1.807) is 91.0 Å². The Kier molecular flexibility index (Phi) is 15.9. The molecule has 0 aromatic heterocycles. The van der Waals surface area contributed by atoms with Crippen LogP contribution >= 0.6 is 0 Å². The topological polar surface area (TPSA) is 146 Å². The van der Waals surface area contributed by atoms with E-state index >= 15 is 0 Å². The molecular weight excluding hydrogens is 963 g/mol. The molecule has 0 N–H and O–H groups in total. The summed E-state index contributed by atoms with van der Waals surface area (Å²) in [6.45, 7) is 0. The van der Waals surface area contributed by atoms with Crippen LogP contribution in [0.15, 0.2) is 200 Å². The Morgan fingerprint density at radius 2 is 0.392 bits per heavy atom. The Hall–Kier alpha value is -12.9. The molecule has 356 valence electrons. The highest BCUT2D eigenvalue weighted by atomic mass is 15.1. The first-order chi connectivity index (χ1) is 38.8. The Morgan fingerprint density at radius 1 is 0.190 bits per heavy atom. The molecule has 7 heteroatoms. The van der Waals surface area contributed by atoms with Crippen molar-refractivity contribution >= 4 is 17.1 Å². The molecule has 0 saturated heterocycles. The highest BCUT2D eigenvalue weighted by Crippen LogP contribution is 2.35. The average molecular weight is 996 g/mol. The summed E-state index contributed by atoms with van der Waals surface area (Å²) in [7, 11) is 0. The van der Waals surface area contributed by atoms with Crippen molar-refractivity contribution in [1.82, 2.24) is 0 Å². The van der Waals surface area contributed by atoms with Crippen LogP contribution in [0.25, 0.3) is 0 Å². The van der Waals surface area contributed by atoms with Gasteiger partial charge in [0.2, 0.25) is 0 Å². The second-order valence-corrected chi connectivity index (χ2v) is 17.1. The molecule has 0 aliphatic rings. The molecule has 0 bridgehead atoms. The number of benzene rings is 9. The molecule has 0 aliphatic carbocycles. The van der Waals surface area contributed by atoms with Crippen LogP contribution in [0.1, 0.15) is 100 Å². The predicted octanol–water partition coefficient (Wildman–Crippen LogP) is 12.8. The van der Waals surface area contributed by atoms with Crippen molar-refractivity contribution in [2.24, 2.45) is 0 Å². The number of nitriles is 6. The van der Waals surface area contributed by atoms with Crippen LogP contribution in [0.3, 0.4) is 0 Å². The lowest BCUT2D eigenvalue weighted by Gasteiger charge is -2.25. The number of hydrogen-bond acceptors (Lipinski definition) is 7. The largest absolute Gasteiger partial charge is 0.311 e. The third-order valence-electron chi connectivity index (χ3n) is 12.0. The summed E-state index contributed by atoms with van der Waals surface area (Å²) in [6, 6.07) is 73.6. The predicted molar refractivity (Wildman–Crippen MR) is 304 cm³/mol. The van der Waals surface area contributed by atoms with Crippen molar-refractivity contribution in [3.05, 3.63) is 300 Å². The zero-order chi connectivity index (χ0) is 54.8. The summed E-state index contributed by atoms with van der Waals surface area (Å²) in [5.41, 5.74) is 12.6. The fourth-order valence-electron chi connectivity index (χ4n) is 7.91. The Balaban J connectivity index is 0.980. The Labute approximate surface area is 459 Å². The van der Waals surface area contributed by atoms with Crippen LogP contribution in [0.5, 0.6) is 0 Å². The highest BCUT2D eigenvalue weighted by molar-refractivity contribution is 5.78. The molecule has 0 amide bonds. The molecule has 9 aromatic rings. The molecule has 0 spiro atoms. The molecule has 79 heavy (non-hydrogen) atoms.